The van der Waals surface area contributed by atoms with Crippen LogP contribution in [0.4, 0.5) is 5.82 Å². The lowest BCUT2D eigenvalue weighted by molar-refractivity contribution is 0.0722. The average molecular weight is 251 g/mol. The van der Waals surface area contributed by atoms with Crippen LogP contribution in [0.25, 0.3) is 0 Å². The Morgan fingerprint density at radius 3 is 2.83 bits per heavy atom. The molecule has 0 bridgehead atoms. The van der Waals surface area contributed by atoms with Gasteiger partial charge >= 0.3 is 0 Å². The fourth-order valence-corrected chi connectivity index (χ4v) is 1.76. The predicted octanol–water partition coefficient (Wildman–Crippen LogP) is 1.36. The summed E-state index contributed by atoms with van der Waals surface area (Å²) in [5, 5.41) is 12.1. The molecule has 100 valence electrons. The van der Waals surface area contributed by atoms with Crippen molar-refractivity contribution in [2.45, 2.75) is 20.3 Å². The fourth-order valence-electron chi connectivity index (χ4n) is 1.76. The first-order valence-corrected chi connectivity index (χ1v) is 6.33. The lowest BCUT2D eigenvalue weighted by Gasteiger charge is -2.22. The third kappa shape index (κ3) is 3.70. The zero-order valence-electron chi connectivity index (χ0n) is 11.0. The van der Waals surface area contributed by atoms with E-state index in [2.05, 4.69) is 10.3 Å². The molecule has 18 heavy (non-hydrogen) atoms. The van der Waals surface area contributed by atoms with Crippen LogP contribution in [0.5, 0.6) is 0 Å². The topological polar surface area (TPSA) is 65.5 Å². The Labute approximate surface area is 108 Å². The highest BCUT2D eigenvalue weighted by atomic mass is 16.3. The van der Waals surface area contributed by atoms with Crippen molar-refractivity contribution in [3.05, 3.63) is 23.9 Å². The number of aliphatic hydroxyl groups excluding tert-OH is 1. The second kappa shape index (κ2) is 7.66. The molecule has 0 aliphatic carbocycles. The largest absolute Gasteiger partial charge is 0.395 e. The van der Waals surface area contributed by atoms with E-state index in [-0.39, 0.29) is 12.5 Å². The molecule has 0 spiro atoms. The molecular formula is C13H21N3O2. The van der Waals surface area contributed by atoms with Crippen LogP contribution in [0, 0.1) is 0 Å². The van der Waals surface area contributed by atoms with Crippen molar-refractivity contribution in [2.24, 2.45) is 0 Å². The van der Waals surface area contributed by atoms with E-state index in [1.165, 1.54) is 0 Å². The first-order chi connectivity index (χ1) is 8.74. The maximum absolute atomic E-state index is 12.4. The number of amides is 1. The minimum Gasteiger partial charge on any atom is -0.395 e. The molecule has 1 aromatic heterocycles. The predicted molar refractivity (Wildman–Crippen MR) is 71.7 cm³/mol. The van der Waals surface area contributed by atoms with Gasteiger partial charge in [-0.15, -0.1) is 0 Å². The van der Waals surface area contributed by atoms with Gasteiger partial charge in [0.25, 0.3) is 5.91 Å². The van der Waals surface area contributed by atoms with Gasteiger partial charge < -0.3 is 15.3 Å². The summed E-state index contributed by atoms with van der Waals surface area (Å²) in [6.45, 7) is 5.65. The molecule has 0 aliphatic heterocycles. The molecule has 0 aliphatic rings. The Morgan fingerprint density at radius 1 is 1.44 bits per heavy atom. The third-order valence-corrected chi connectivity index (χ3v) is 2.53. The fraction of sp³-hybridized carbons (Fsp3) is 0.538. The highest BCUT2D eigenvalue weighted by Gasteiger charge is 2.18. The van der Waals surface area contributed by atoms with Gasteiger partial charge in [0.05, 0.1) is 12.2 Å². The van der Waals surface area contributed by atoms with Crippen LogP contribution in [0.3, 0.4) is 0 Å². The van der Waals surface area contributed by atoms with E-state index in [9.17, 15) is 4.79 Å². The zero-order chi connectivity index (χ0) is 13.4. The second-order valence-corrected chi connectivity index (χ2v) is 3.95. The van der Waals surface area contributed by atoms with E-state index in [4.69, 9.17) is 5.11 Å². The van der Waals surface area contributed by atoms with Crippen molar-refractivity contribution in [3.63, 3.8) is 0 Å². The molecule has 0 atom stereocenters. The molecule has 1 amide bonds. The van der Waals surface area contributed by atoms with E-state index in [0.717, 1.165) is 6.42 Å². The summed E-state index contributed by atoms with van der Waals surface area (Å²) in [5.74, 6) is 0.513. The molecule has 0 unspecified atom stereocenters. The van der Waals surface area contributed by atoms with Gasteiger partial charge in [0.1, 0.15) is 5.82 Å². The van der Waals surface area contributed by atoms with E-state index >= 15 is 0 Å². The maximum Gasteiger partial charge on any atom is 0.257 e. The van der Waals surface area contributed by atoms with Crippen LogP contribution in [-0.2, 0) is 0 Å². The molecule has 0 saturated heterocycles. The maximum atomic E-state index is 12.4. The number of hydrogen-bond donors (Lipinski definition) is 2. The van der Waals surface area contributed by atoms with E-state index in [1.807, 2.05) is 13.8 Å². The molecule has 0 fully saturated rings. The number of aliphatic hydroxyl groups is 1. The first-order valence-electron chi connectivity index (χ1n) is 6.33. The molecule has 0 radical (unpaired) electrons. The summed E-state index contributed by atoms with van der Waals surface area (Å²) in [6, 6.07) is 3.50. The summed E-state index contributed by atoms with van der Waals surface area (Å²) in [7, 11) is 0. The smallest absolute Gasteiger partial charge is 0.257 e. The standard InChI is InChI=1S/C13H21N3O2/c1-3-8-16(9-10-17)13(18)11-6-5-7-15-12(11)14-4-2/h5-7,17H,3-4,8-10H2,1-2H3,(H,14,15). The Kier molecular flexibility index (Phi) is 6.14. The number of pyridine rings is 1. The number of nitrogens with zero attached hydrogens (tertiary/aromatic N) is 2. The van der Waals surface area contributed by atoms with Crippen molar-refractivity contribution < 1.29 is 9.90 Å². The Morgan fingerprint density at radius 2 is 2.22 bits per heavy atom. The third-order valence-electron chi connectivity index (χ3n) is 2.53. The SMILES string of the molecule is CCCN(CCO)C(=O)c1cccnc1NCC. The van der Waals surface area contributed by atoms with Crippen molar-refractivity contribution in [2.75, 3.05) is 31.6 Å². The van der Waals surface area contributed by atoms with Crippen LogP contribution in [-0.4, -0.2) is 47.1 Å². The van der Waals surface area contributed by atoms with Gasteiger partial charge in [0.2, 0.25) is 0 Å². The lowest BCUT2D eigenvalue weighted by Crippen LogP contribution is -2.34. The van der Waals surface area contributed by atoms with Crippen molar-refractivity contribution >= 4 is 11.7 Å². The summed E-state index contributed by atoms with van der Waals surface area (Å²) in [4.78, 5) is 18.2. The quantitative estimate of drug-likeness (QED) is 0.768. The lowest BCUT2D eigenvalue weighted by atomic mass is 10.2. The minimum absolute atomic E-state index is 0.0253. The van der Waals surface area contributed by atoms with Gasteiger partial charge in [0.15, 0.2) is 0 Å². The molecule has 1 aromatic rings. The Hall–Kier alpha value is -1.62. The van der Waals surface area contributed by atoms with Gasteiger partial charge in [-0.05, 0) is 25.5 Å². The second-order valence-electron chi connectivity index (χ2n) is 3.95. The number of rotatable bonds is 7. The number of anilines is 1. The monoisotopic (exact) mass is 251 g/mol. The number of carbonyl (C=O) groups excluding carboxylic acids is 1. The van der Waals surface area contributed by atoms with Crippen LogP contribution in [0.15, 0.2) is 18.3 Å². The first kappa shape index (κ1) is 14.4. The van der Waals surface area contributed by atoms with Gasteiger partial charge in [0, 0.05) is 25.8 Å². The Bertz CT molecular complexity index is 376. The molecule has 5 heteroatoms. The van der Waals surface area contributed by atoms with Crippen LogP contribution in [0.1, 0.15) is 30.6 Å². The van der Waals surface area contributed by atoms with Gasteiger partial charge in [-0.3, -0.25) is 4.79 Å². The van der Waals surface area contributed by atoms with Crippen molar-refractivity contribution in [1.29, 1.82) is 0 Å². The number of carbonyl (C=O) groups is 1. The normalized spacial score (nSPS) is 10.2. The summed E-state index contributed by atoms with van der Waals surface area (Å²) in [6.07, 6.45) is 2.52. The Balaban J connectivity index is 2.92. The van der Waals surface area contributed by atoms with Gasteiger partial charge in [-0.2, -0.15) is 0 Å². The molecular weight excluding hydrogens is 230 g/mol. The van der Waals surface area contributed by atoms with Gasteiger partial charge in [-0.25, -0.2) is 4.98 Å². The van der Waals surface area contributed by atoms with Gasteiger partial charge in [-0.1, -0.05) is 6.92 Å². The van der Waals surface area contributed by atoms with E-state index in [0.29, 0.717) is 31.0 Å². The molecule has 0 saturated carbocycles. The summed E-state index contributed by atoms with van der Waals surface area (Å²) in [5.41, 5.74) is 0.557. The molecule has 1 rings (SSSR count). The van der Waals surface area contributed by atoms with E-state index < -0.39 is 0 Å². The zero-order valence-corrected chi connectivity index (χ0v) is 11.0. The molecule has 1 heterocycles. The molecule has 2 N–H and O–H groups in total. The molecule has 0 aromatic carbocycles. The van der Waals surface area contributed by atoms with Crippen LogP contribution < -0.4 is 5.32 Å². The number of nitrogens with one attached hydrogen (secondary N) is 1. The highest BCUT2D eigenvalue weighted by molar-refractivity contribution is 5.98. The van der Waals surface area contributed by atoms with E-state index in [1.54, 1.807) is 23.2 Å². The van der Waals surface area contributed by atoms with Crippen LogP contribution in [0.2, 0.25) is 0 Å². The average Bonchev–Trinajstić information content (AvgIpc) is 2.39. The molecule has 5 nitrogen and oxygen atoms in total. The number of aromatic nitrogens is 1. The van der Waals surface area contributed by atoms with Crippen molar-refractivity contribution in [3.8, 4) is 0 Å². The minimum atomic E-state index is -0.0880. The van der Waals surface area contributed by atoms with Crippen molar-refractivity contribution in [1.82, 2.24) is 9.88 Å². The summed E-state index contributed by atoms with van der Waals surface area (Å²) >= 11 is 0. The number of hydrogen-bond acceptors (Lipinski definition) is 4. The summed E-state index contributed by atoms with van der Waals surface area (Å²) < 4.78 is 0. The van der Waals surface area contributed by atoms with Crippen LogP contribution >= 0.6 is 0 Å². The highest BCUT2D eigenvalue weighted by Crippen LogP contribution is 2.14.